The van der Waals surface area contributed by atoms with Gasteiger partial charge in [0.2, 0.25) is 0 Å². The maximum absolute atomic E-state index is 8.81. The van der Waals surface area contributed by atoms with Crippen LogP contribution in [0.3, 0.4) is 0 Å². The lowest BCUT2D eigenvalue weighted by molar-refractivity contribution is 0.915. The molecule has 1 fully saturated rings. The molecule has 2 heterocycles. The van der Waals surface area contributed by atoms with Crippen LogP contribution in [0.4, 0.5) is 5.82 Å². The molecule has 0 bridgehead atoms. The molecule has 1 aliphatic heterocycles. The van der Waals surface area contributed by atoms with Crippen molar-refractivity contribution in [2.24, 2.45) is 0 Å². The molecule has 0 aliphatic carbocycles. The van der Waals surface area contributed by atoms with Gasteiger partial charge in [-0.25, -0.2) is 9.97 Å². The predicted molar refractivity (Wildman–Crippen MR) is 88.3 cm³/mol. The molecule has 3 rings (SSSR count). The van der Waals surface area contributed by atoms with Crippen molar-refractivity contribution < 1.29 is 0 Å². The zero-order valence-corrected chi connectivity index (χ0v) is 12.7. The number of aromatic nitrogens is 2. The molecular weight excluding hydrogens is 272 g/mol. The molecule has 0 unspecified atom stereocenters. The number of hydrogen-bond donors (Lipinski definition) is 0. The van der Waals surface area contributed by atoms with E-state index < -0.39 is 0 Å². The van der Waals surface area contributed by atoms with E-state index in [9.17, 15) is 0 Å². The molecule has 4 nitrogen and oxygen atoms in total. The lowest BCUT2D eigenvalue weighted by atomic mass is 10.1. The van der Waals surface area contributed by atoms with Crippen LogP contribution >= 0.6 is 0 Å². The number of nitrogens with zero attached hydrogens (tertiary/aromatic N) is 4. The van der Waals surface area contributed by atoms with Gasteiger partial charge in [0.1, 0.15) is 5.82 Å². The fourth-order valence-electron chi connectivity index (χ4n) is 2.60. The van der Waals surface area contributed by atoms with Crippen molar-refractivity contribution in [2.45, 2.75) is 19.8 Å². The van der Waals surface area contributed by atoms with Crippen molar-refractivity contribution >= 4 is 18.0 Å². The number of nitriles is 1. The van der Waals surface area contributed by atoms with Crippen LogP contribution in [0.2, 0.25) is 0 Å². The Morgan fingerprint density at radius 2 is 1.82 bits per heavy atom. The highest BCUT2D eigenvalue weighted by molar-refractivity contribution is 5.67. The van der Waals surface area contributed by atoms with E-state index in [-0.39, 0.29) is 0 Å². The fraction of sp³-hybridized carbons (Fsp3) is 0.278. The molecule has 0 spiro atoms. The van der Waals surface area contributed by atoms with Crippen molar-refractivity contribution in [3.63, 3.8) is 0 Å². The third kappa shape index (κ3) is 3.32. The average molecular weight is 290 g/mol. The highest BCUT2D eigenvalue weighted by Gasteiger charge is 2.14. The molecule has 1 aromatic heterocycles. The van der Waals surface area contributed by atoms with Gasteiger partial charge in [0.15, 0.2) is 5.82 Å². The van der Waals surface area contributed by atoms with Crippen molar-refractivity contribution in [1.82, 2.24) is 9.97 Å². The summed E-state index contributed by atoms with van der Waals surface area (Å²) in [5.74, 6) is 1.75. The lowest BCUT2D eigenvalue weighted by Gasteiger charge is -2.16. The number of benzene rings is 1. The molecule has 0 atom stereocenters. The third-order valence-electron chi connectivity index (χ3n) is 3.75. The Labute approximate surface area is 130 Å². The largest absolute Gasteiger partial charge is 0.356 e. The van der Waals surface area contributed by atoms with Crippen LogP contribution < -0.4 is 4.90 Å². The number of hydrogen-bond acceptors (Lipinski definition) is 4. The van der Waals surface area contributed by atoms with E-state index in [1.165, 1.54) is 12.8 Å². The van der Waals surface area contributed by atoms with E-state index in [1.54, 1.807) is 0 Å². The smallest absolute Gasteiger partial charge is 0.154 e. The minimum absolute atomic E-state index is 0.667. The van der Waals surface area contributed by atoms with Gasteiger partial charge < -0.3 is 4.90 Å². The van der Waals surface area contributed by atoms with E-state index in [0.29, 0.717) is 5.56 Å². The Bertz CT molecular complexity index is 720. The minimum Gasteiger partial charge on any atom is -0.356 e. The first-order valence-corrected chi connectivity index (χ1v) is 7.53. The molecule has 1 saturated heterocycles. The average Bonchev–Trinajstić information content (AvgIpc) is 3.07. The standard InChI is InChI=1S/C18H18N4/c1-14-12-18(22-10-2-3-11-22)21-17(20-14)9-8-15-4-6-16(13-19)7-5-15/h4-9,12H,2-3,10-11H2,1H3. The second kappa shape index (κ2) is 6.40. The van der Waals surface area contributed by atoms with Gasteiger partial charge in [0, 0.05) is 24.8 Å². The fourth-order valence-corrected chi connectivity index (χ4v) is 2.60. The van der Waals surface area contributed by atoms with Crippen LogP contribution in [-0.4, -0.2) is 23.1 Å². The number of anilines is 1. The molecule has 2 aromatic rings. The van der Waals surface area contributed by atoms with Crippen molar-refractivity contribution in [3.05, 3.63) is 53.0 Å². The minimum atomic E-state index is 0.667. The molecular formula is C18H18N4. The zero-order chi connectivity index (χ0) is 15.4. The maximum atomic E-state index is 8.81. The van der Waals surface area contributed by atoms with Crippen molar-refractivity contribution in [2.75, 3.05) is 18.0 Å². The van der Waals surface area contributed by atoms with Crippen LogP contribution in [-0.2, 0) is 0 Å². The topological polar surface area (TPSA) is 52.8 Å². The molecule has 110 valence electrons. The summed E-state index contributed by atoms with van der Waals surface area (Å²) in [6.07, 6.45) is 6.37. The normalized spacial score (nSPS) is 14.5. The van der Waals surface area contributed by atoms with Gasteiger partial charge in [-0.3, -0.25) is 0 Å². The monoisotopic (exact) mass is 290 g/mol. The van der Waals surface area contributed by atoms with Gasteiger partial charge in [0.05, 0.1) is 11.6 Å². The van der Waals surface area contributed by atoms with Gasteiger partial charge >= 0.3 is 0 Å². The van der Waals surface area contributed by atoms with E-state index in [4.69, 9.17) is 5.26 Å². The van der Waals surface area contributed by atoms with Crippen molar-refractivity contribution in [3.8, 4) is 6.07 Å². The third-order valence-corrected chi connectivity index (χ3v) is 3.75. The van der Waals surface area contributed by atoms with Crippen LogP contribution in [0.5, 0.6) is 0 Å². The summed E-state index contributed by atoms with van der Waals surface area (Å²) in [5, 5.41) is 8.81. The summed E-state index contributed by atoms with van der Waals surface area (Å²) in [6.45, 7) is 4.16. The van der Waals surface area contributed by atoms with Gasteiger partial charge in [-0.2, -0.15) is 5.26 Å². The highest BCUT2D eigenvalue weighted by atomic mass is 15.2. The molecule has 0 saturated carbocycles. The zero-order valence-electron chi connectivity index (χ0n) is 12.7. The highest BCUT2D eigenvalue weighted by Crippen LogP contribution is 2.19. The first kappa shape index (κ1) is 14.3. The Morgan fingerprint density at radius 3 is 2.50 bits per heavy atom. The van der Waals surface area contributed by atoms with Crippen LogP contribution in [0.25, 0.3) is 12.2 Å². The molecule has 4 heteroatoms. The van der Waals surface area contributed by atoms with Gasteiger partial charge in [0.25, 0.3) is 0 Å². The van der Waals surface area contributed by atoms with Gasteiger partial charge in [-0.1, -0.05) is 18.2 Å². The van der Waals surface area contributed by atoms with Gasteiger partial charge in [-0.05, 0) is 43.5 Å². The molecule has 0 N–H and O–H groups in total. The second-order valence-corrected chi connectivity index (χ2v) is 5.49. The summed E-state index contributed by atoms with van der Waals surface area (Å²) >= 11 is 0. The van der Waals surface area contributed by atoms with E-state index >= 15 is 0 Å². The maximum Gasteiger partial charge on any atom is 0.154 e. The lowest BCUT2D eigenvalue weighted by Crippen LogP contribution is -2.19. The Morgan fingerprint density at radius 1 is 1.09 bits per heavy atom. The summed E-state index contributed by atoms with van der Waals surface area (Å²) in [4.78, 5) is 11.4. The summed E-state index contributed by atoms with van der Waals surface area (Å²) in [7, 11) is 0. The second-order valence-electron chi connectivity index (χ2n) is 5.49. The summed E-state index contributed by atoms with van der Waals surface area (Å²) in [6, 6.07) is 11.6. The molecule has 0 radical (unpaired) electrons. The van der Waals surface area contributed by atoms with E-state index in [2.05, 4.69) is 20.9 Å². The molecule has 22 heavy (non-hydrogen) atoms. The number of aryl methyl sites for hydroxylation is 1. The van der Waals surface area contributed by atoms with Crippen molar-refractivity contribution in [1.29, 1.82) is 5.26 Å². The van der Waals surface area contributed by atoms with E-state index in [0.717, 1.165) is 36.0 Å². The Balaban J connectivity index is 1.81. The van der Waals surface area contributed by atoms with Crippen LogP contribution in [0.1, 0.15) is 35.5 Å². The summed E-state index contributed by atoms with van der Waals surface area (Å²) < 4.78 is 0. The van der Waals surface area contributed by atoms with E-state index in [1.807, 2.05) is 49.4 Å². The van der Waals surface area contributed by atoms with Crippen LogP contribution in [0, 0.1) is 18.3 Å². The quantitative estimate of drug-likeness (QED) is 0.869. The van der Waals surface area contributed by atoms with Gasteiger partial charge in [-0.15, -0.1) is 0 Å². The SMILES string of the molecule is Cc1cc(N2CCCC2)nc(C=Cc2ccc(C#N)cc2)n1. The first-order valence-electron chi connectivity index (χ1n) is 7.53. The Kier molecular flexibility index (Phi) is 4.15. The first-order chi connectivity index (χ1) is 10.7. The molecule has 0 amide bonds. The predicted octanol–water partition coefficient (Wildman–Crippen LogP) is 3.43. The summed E-state index contributed by atoms with van der Waals surface area (Å²) in [5.41, 5.74) is 2.68. The Hall–Kier alpha value is -2.67. The molecule has 1 aliphatic rings. The van der Waals surface area contributed by atoms with Crippen LogP contribution in [0.15, 0.2) is 30.3 Å². The number of rotatable bonds is 3. The molecule has 1 aromatic carbocycles.